The monoisotopic (exact) mass is 370 g/mol. The predicted molar refractivity (Wildman–Crippen MR) is 104 cm³/mol. The molecule has 1 heterocycles. The number of carbonyl (C=O) groups is 1. The van der Waals surface area contributed by atoms with Crippen molar-refractivity contribution in [2.45, 2.75) is 25.9 Å². The lowest BCUT2D eigenvalue weighted by Crippen LogP contribution is -2.43. The van der Waals surface area contributed by atoms with Gasteiger partial charge in [0.05, 0.1) is 13.0 Å². The molecule has 1 unspecified atom stereocenters. The van der Waals surface area contributed by atoms with Crippen molar-refractivity contribution in [3.63, 3.8) is 0 Å². The van der Waals surface area contributed by atoms with Crippen molar-refractivity contribution >= 4 is 5.91 Å². The number of carbonyl (C=O) groups excluding carboxylic acids is 1. The van der Waals surface area contributed by atoms with Gasteiger partial charge in [-0.1, -0.05) is 24.3 Å². The van der Waals surface area contributed by atoms with Crippen molar-refractivity contribution < 1.29 is 13.9 Å². The summed E-state index contributed by atoms with van der Waals surface area (Å²) in [6.07, 6.45) is 1.93. The summed E-state index contributed by atoms with van der Waals surface area (Å²) in [6.45, 7) is 3.08. The molecule has 2 aromatic rings. The van der Waals surface area contributed by atoms with E-state index in [-0.39, 0.29) is 17.6 Å². The molecule has 0 spiro atoms. The molecule has 27 heavy (non-hydrogen) atoms. The molecule has 0 bridgehead atoms. The van der Waals surface area contributed by atoms with Gasteiger partial charge >= 0.3 is 0 Å². The lowest BCUT2D eigenvalue weighted by Gasteiger charge is -2.34. The van der Waals surface area contributed by atoms with Gasteiger partial charge in [0, 0.05) is 26.7 Å². The second-order valence-electron chi connectivity index (χ2n) is 7.24. The number of hydrogen-bond acceptors (Lipinski definition) is 3. The number of methoxy groups -OCH3 is 1. The minimum atomic E-state index is -0.217. The van der Waals surface area contributed by atoms with E-state index in [9.17, 15) is 9.18 Å². The maximum absolute atomic E-state index is 13.1. The van der Waals surface area contributed by atoms with Crippen LogP contribution in [0.25, 0.3) is 0 Å². The number of hydrogen-bond donors (Lipinski definition) is 0. The van der Waals surface area contributed by atoms with Crippen LogP contribution in [0.3, 0.4) is 0 Å². The highest BCUT2D eigenvalue weighted by atomic mass is 19.1. The van der Waals surface area contributed by atoms with Crippen LogP contribution in [0.2, 0.25) is 0 Å². The molecular weight excluding hydrogens is 343 g/mol. The van der Waals surface area contributed by atoms with Gasteiger partial charge in [0.15, 0.2) is 0 Å². The number of rotatable bonds is 6. The highest BCUT2D eigenvalue weighted by Gasteiger charge is 2.28. The third-order valence-corrected chi connectivity index (χ3v) is 5.13. The Kier molecular flexibility index (Phi) is 6.45. The zero-order chi connectivity index (χ0) is 19.2. The summed E-state index contributed by atoms with van der Waals surface area (Å²) in [7, 11) is 3.51. The Morgan fingerprint density at radius 2 is 1.81 bits per heavy atom. The number of ether oxygens (including phenoxy) is 1. The molecule has 0 aliphatic carbocycles. The van der Waals surface area contributed by atoms with E-state index in [4.69, 9.17) is 4.74 Å². The SMILES string of the molecule is COc1ccc(CN(C)C(=O)C2CCCN(Cc3ccc(F)cc3)C2)cc1. The number of halogens is 1. The summed E-state index contributed by atoms with van der Waals surface area (Å²) in [5.41, 5.74) is 2.17. The van der Waals surface area contributed by atoms with Gasteiger partial charge in [-0.25, -0.2) is 4.39 Å². The zero-order valence-electron chi connectivity index (χ0n) is 16.0. The van der Waals surface area contributed by atoms with E-state index >= 15 is 0 Å². The first-order chi connectivity index (χ1) is 13.0. The van der Waals surface area contributed by atoms with Gasteiger partial charge in [0.1, 0.15) is 11.6 Å². The molecule has 3 rings (SSSR count). The van der Waals surface area contributed by atoms with Crippen LogP contribution in [0, 0.1) is 11.7 Å². The fraction of sp³-hybridized carbons (Fsp3) is 0.409. The van der Waals surface area contributed by atoms with Gasteiger partial charge in [-0.15, -0.1) is 0 Å². The Hall–Kier alpha value is -2.40. The molecule has 144 valence electrons. The first-order valence-corrected chi connectivity index (χ1v) is 9.40. The van der Waals surface area contributed by atoms with Crippen LogP contribution in [0.4, 0.5) is 4.39 Å². The topological polar surface area (TPSA) is 32.8 Å². The Morgan fingerprint density at radius 1 is 1.15 bits per heavy atom. The Bertz CT molecular complexity index is 746. The number of nitrogens with zero attached hydrogens (tertiary/aromatic N) is 2. The number of benzene rings is 2. The number of piperidine rings is 1. The van der Waals surface area contributed by atoms with E-state index in [0.717, 1.165) is 49.4 Å². The van der Waals surface area contributed by atoms with Crippen molar-refractivity contribution in [3.8, 4) is 5.75 Å². The van der Waals surface area contributed by atoms with Gasteiger partial charge < -0.3 is 9.64 Å². The molecule has 1 atom stereocenters. The second kappa shape index (κ2) is 9.00. The van der Waals surface area contributed by atoms with Gasteiger partial charge in [-0.3, -0.25) is 9.69 Å². The van der Waals surface area contributed by atoms with Gasteiger partial charge in [-0.05, 0) is 54.8 Å². The van der Waals surface area contributed by atoms with Crippen molar-refractivity contribution in [3.05, 3.63) is 65.5 Å². The van der Waals surface area contributed by atoms with Crippen molar-refractivity contribution in [1.82, 2.24) is 9.80 Å². The molecule has 0 N–H and O–H groups in total. The van der Waals surface area contributed by atoms with Gasteiger partial charge in [0.2, 0.25) is 5.91 Å². The van der Waals surface area contributed by atoms with E-state index in [1.165, 1.54) is 12.1 Å². The fourth-order valence-corrected chi connectivity index (χ4v) is 3.64. The normalized spacial score (nSPS) is 17.5. The molecule has 0 radical (unpaired) electrons. The average Bonchev–Trinajstić information content (AvgIpc) is 2.70. The fourth-order valence-electron chi connectivity index (χ4n) is 3.64. The molecule has 0 saturated carbocycles. The van der Waals surface area contributed by atoms with Crippen LogP contribution in [-0.2, 0) is 17.9 Å². The highest BCUT2D eigenvalue weighted by Crippen LogP contribution is 2.21. The minimum absolute atomic E-state index is 0.0162. The zero-order valence-corrected chi connectivity index (χ0v) is 16.0. The molecular formula is C22H27FN2O2. The van der Waals surface area contributed by atoms with E-state index in [0.29, 0.717) is 6.54 Å². The van der Waals surface area contributed by atoms with Crippen LogP contribution in [0.15, 0.2) is 48.5 Å². The Labute approximate surface area is 160 Å². The van der Waals surface area contributed by atoms with Crippen LogP contribution in [0.5, 0.6) is 5.75 Å². The van der Waals surface area contributed by atoms with E-state index in [1.807, 2.05) is 48.3 Å². The van der Waals surface area contributed by atoms with E-state index in [1.54, 1.807) is 7.11 Å². The molecule has 1 aliphatic rings. The largest absolute Gasteiger partial charge is 0.497 e. The summed E-state index contributed by atoms with van der Waals surface area (Å²) in [5.74, 6) is 0.805. The average molecular weight is 370 g/mol. The second-order valence-corrected chi connectivity index (χ2v) is 7.24. The third kappa shape index (κ3) is 5.30. The first kappa shape index (κ1) is 19.4. The molecule has 2 aromatic carbocycles. The van der Waals surface area contributed by atoms with Crippen LogP contribution in [-0.4, -0.2) is 43.0 Å². The predicted octanol–water partition coefficient (Wildman–Crippen LogP) is 3.70. The summed E-state index contributed by atoms with van der Waals surface area (Å²) in [6, 6.07) is 14.4. The highest BCUT2D eigenvalue weighted by molar-refractivity contribution is 5.79. The molecule has 1 aliphatic heterocycles. The Morgan fingerprint density at radius 3 is 2.48 bits per heavy atom. The number of amides is 1. The van der Waals surface area contributed by atoms with Gasteiger partial charge in [0.25, 0.3) is 0 Å². The van der Waals surface area contributed by atoms with Crippen LogP contribution >= 0.6 is 0 Å². The van der Waals surface area contributed by atoms with Crippen molar-refractivity contribution in [2.24, 2.45) is 5.92 Å². The summed E-state index contributed by atoms with van der Waals surface area (Å²) in [4.78, 5) is 17.0. The lowest BCUT2D eigenvalue weighted by molar-refractivity contribution is -0.136. The van der Waals surface area contributed by atoms with Gasteiger partial charge in [-0.2, -0.15) is 0 Å². The smallest absolute Gasteiger partial charge is 0.227 e. The van der Waals surface area contributed by atoms with Crippen LogP contribution < -0.4 is 4.74 Å². The quantitative estimate of drug-likeness (QED) is 0.777. The molecule has 5 heteroatoms. The molecule has 0 aromatic heterocycles. The summed E-state index contributed by atoms with van der Waals surface area (Å²) in [5, 5.41) is 0. The van der Waals surface area contributed by atoms with Crippen molar-refractivity contribution in [2.75, 3.05) is 27.2 Å². The minimum Gasteiger partial charge on any atom is -0.497 e. The van der Waals surface area contributed by atoms with Crippen LogP contribution in [0.1, 0.15) is 24.0 Å². The summed E-state index contributed by atoms with van der Waals surface area (Å²) >= 11 is 0. The third-order valence-electron chi connectivity index (χ3n) is 5.13. The molecule has 4 nitrogen and oxygen atoms in total. The maximum Gasteiger partial charge on any atom is 0.227 e. The standard InChI is InChI=1S/C22H27FN2O2/c1-24(14-17-7-11-21(27-2)12-8-17)22(26)19-4-3-13-25(16-19)15-18-5-9-20(23)10-6-18/h5-12,19H,3-4,13-16H2,1-2H3. The maximum atomic E-state index is 13.1. The molecule has 1 fully saturated rings. The van der Waals surface area contributed by atoms with Crippen molar-refractivity contribution in [1.29, 1.82) is 0 Å². The number of likely N-dealkylation sites (tertiary alicyclic amines) is 1. The first-order valence-electron chi connectivity index (χ1n) is 9.40. The Balaban J connectivity index is 1.55. The molecule has 1 saturated heterocycles. The van der Waals surface area contributed by atoms with E-state index < -0.39 is 0 Å². The van der Waals surface area contributed by atoms with E-state index in [2.05, 4.69) is 4.90 Å². The summed E-state index contributed by atoms with van der Waals surface area (Å²) < 4.78 is 18.2. The molecule has 1 amide bonds. The lowest BCUT2D eigenvalue weighted by atomic mass is 9.96.